The summed E-state index contributed by atoms with van der Waals surface area (Å²) in [4.78, 5) is 12.7. The minimum absolute atomic E-state index is 0.0114. The average Bonchev–Trinajstić information content (AvgIpc) is 3.44. The first-order chi connectivity index (χ1) is 12.8. The lowest BCUT2D eigenvalue weighted by Gasteiger charge is -2.12. The molecule has 0 aromatic heterocycles. The van der Waals surface area contributed by atoms with Gasteiger partial charge < -0.3 is 14.8 Å². The molecule has 1 fully saturated rings. The molecule has 0 spiro atoms. The van der Waals surface area contributed by atoms with Gasteiger partial charge in [-0.3, -0.25) is 4.79 Å². The van der Waals surface area contributed by atoms with Crippen LogP contribution < -0.4 is 19.5 Å². The van der Waals surface area contributed by atoms with Crippen LogP contribution in [0.4, 0.5) is 5.69 Å². The number of carbonyl (C=O) groups excluding carboxylic acids is 1. The number of ether oxygens (including phenoxy) is 2. The summed E-state index contributed by atoms with van der Waals surface area (Å²) in [5.74, 6) is 0.563. The Morgan fingerprint density at radius 1 is 1.07 bits per heavy atom. The van der Waals surface area contributed by atoms with Crippen LogP contribution in [0.3, 0.4) is 0 Å². The standard InChI is InChI=1S/C18H19BrN2O5S/c1-25-16-8-5-12(9-17(16)26-2)20-18(22)14-10-13(6-7-15(14)19)27(23,24)21-11-3-4-11/h5-11,21H,3-4H2,1-2H3,(H,20,22). The predicted molar refractivity (Wildman–Crippen MR) is 105 cm³/mol. The molecule has 0 atom stereocenters. The van der Waals surface area contributed by atoms with Gasteiger partial charge in [-0.1, -0.05) is 0 Å². The molecule has 1 aliphatic rings. The Morgan fingerprint density at radius 3 is 2.41 bits per heavy atom. The highest BCUT2D eigenvalue weighted by Gasteiger charge is 2.28. The number of rotatable bonds is 7. The van der Waals surface area contributed by atoms with Gasteiger partial charge in [-0.15, -0.1) is 0 Å². The third-order valence-electron chi connectivity index (χ3n) is 4.03. The second-order valence-corrected chi connectivity index (χ2v) is 8.63. The van der Waals surface area contributed by atoms with Crippen molar-refractivity contribution in [3.63, 3.8) is 0 Å². The van der Waals surface area contributed by atoms with Gasteiger partial charge in [0.1, 0.15) is 0 Å². The molecule has 144 valence electrons. The number of sulfonamides is 1. The number of carbonyl (C=O) groups is 1. The maximum atomic E-state index is 12.7. The molecule has 0 radical (unpaired) electrons. The highest BCUT2D eigenvalue weighted by atomic mass is 79.9. The van der Waals surface area contributed by atoms with Gasteiger partial charge in [0, 0.05) is 22.3 Å². The molecule has 2 aromatic rings. The summed E-state index contributed by atoms with van der Waals surface area (Å²) in [5, 5.41) is 2.74. The lowest BCUT2D eigenvalue weighted by Crippen LogP contribution is -2.26. The van der Waals surface area contributed by atoms with E-state index in [-0.39, 0.29) is 16.5 Å². The van der Waals surface area contributed by atoms with Crippen molar-refractivity contribution < 1.29 is 22.7 Å². The van der Waals surface area contributed by atoms with Crippen molar-refractivity contribution in [3.05, 3.63) is 46.4 Å². The number of amides is 1. The van der Waals surface area contributed by atoms with Crippen molar-refractivity contribution in [2.75, 3.05) is 19.5 Å². The monoisotopic (exact) mass is 454 g/mol. The molecule has 2 aromatic carbocycles. The third-order valence-corrected chi connectivity index (χ3v) is 6.24. The SMILES string of the molecule is COc1ccc(NC(=O)c2cc(S(=O)(=O)NC3CC3)ccc2Br)cc1OC. The molecule has 0 unspecified atom stereocenters. The van der Waals surface area contributed by atoms with E-state index in [0.29, 0.717) is 21.7 Å². The second kappa shape index (κ2) is 7.87. The largest absolute Gasteiger partial charge is 0.493 e. The van der Waals surface area contributed by atoms with Crippen molar-refractivity contribution in [1.82, 2.24) is 4.72 Å². The molecule has 0 aliphatic heterocycles. The minimum Gasteiger partial charge on any atom is -0.493 e. The molecule has 7 nitrogen and oxygen atoms in total. The fourth-order valence-electron chi connectivity index (χ4n) is 2.45. The van der Waals surface area contributed by atoms with E-state index >= 15 is 0 Å². The molecule has 1 amide bonds. The minimum atomic E-state index is -3.65. The zero-order chi connectivity index (χ0) is 19.6. The van der Waals surface area contributed by atoms with Gasteiger partial charge in [-0.25, -0.2) is 13.1 Å². The summed E-state index contributed by atoms with van der Waals surface area (Å²) in [6, 6.07) is 9.31. The first-order valence-electron chi connectivity index (χ1n) is 8.19. The van der Waals surface area contributed by atoms with Crippen LogP contribution >= 0.6 is 15.9 Å². The number of methoxy groups -OCH3 is 2. The van der Waals surface area contributed by atoms with Crippen LogP contribution in [0.5, 0.6) is 11.5 Å². The molecule has 9 heteroatoms. The number of hydrogen-bond acceptors (Lipinski definition) is 5. The van der Waals surface area contributed by atoms with Crippen molar-refractivity contribution in [3.8, 4) is 11.5 Å². The van der Waals surface area contributed by atoms with E-state index in [2.05, 4.69) is 26.0 Å². The van der Waals surface area contributed by atoms with Crippen molar-refractivity contribution in [1.29, 1.82) is 0 Å². The van der Waals surface area contributed by atoms with Gasteiger partial charge in [0.25, 0.3) is 5.91 Å². The smallest absolute Gasteiger partial charge is 0.256 e. The second-order valence-electron chi connectivity index (χ2n) is 6.06. The quantitative estimate of drug-likeness (QED) is 0.669. The van der Waals surface area contributed by atoms with Gasteiger partial charge in [0.2, 0.25) is 10.0 Å². The Bertz CT molecular complexity index is 974. The number of benzene rings is 2. The van der Waals surface area contributed by atoms with E-state index in [4.69, 9.17) is 9.47 Å². The van der Waals surface area contributed by atoms with Crippen LogP contribution in [-0.2, 0) is 10.0 Å². The summed E-state index contributed by atoms with van der Waals surface area (Å²) in [6.07, 6.45) is 1.67. The topological polar surface area (TPSA) is 93.7 Å². The van der Waals surface area contributed by atoms with Gasteiger partial charge in [-0.05, 0) is 59.1 Å². The van der Waals surface area contributed by atoms with Crippen molar-refractivity contribution >= 4 is 37.5 Å². The van der Waals surface area contributed by atoms with Gasteiger partial charge in [0.05, 0.1) is 24.7 Å². The molecule has 1 aliphatic carbocycles. The normalized spacial score (nSPS) is 13.9. The molecule has 0 heterocycles. The van der Waals surface area contributed by atoms with E-state index in [1.54, 1.807) is 24.3 Å². The van der Waals surface area contributed by atoms with Crippen molar-refractivity contribution in [2.45, 2.75) is 23.8 Å². The molecule has 2 N–H and O–H groups in total. The third kappa shape index (κ3) is 4.60. The van der Waals surface area contributed by atoms with E-state index in [0.717, 1.165) is 12.8 Å². The van der Waals surface area contributed by atoms with Gasteiger partial charge in [-0.2, -0.15) is 0 Å². The van der Waals surface area contributed by atoms with Crippen LogP contribution in [0.2, 0.25) is 0 Å². The number of anilines is 1. The lowest BCUT2D eigenvalue weighted by atomic mass is 10.2. The van der Waals surface area contributed by atoms with E-state index in [1.807, 2.05) is 0 Å². The Hall–Kier alpha value is -2.10. The van der Waals surface area contributed by atoms with Gasteiger partial charge >= 0.3 is 0 Å². The summed E-state index contributed by atoms with van der Waals surface area (Å²) < 4.78 is 38.3. The Morgan fingerprint density at radius 2 is 1.78 bits per heavy atom. The highest BCUT2D eigenvalue weighted by Crippen LogP contribution is 2.30. The Balaban J connectivity index is 1.85. The van der Waals surface area contributed by atoms with E-state index in [1.165, 1.54) is 26.4 Å². The van der Waals surface area contributed by atoms with Gasteiger partial charge in [0.15, 0.2) is 11.5 Å². The van der Waals surface area contributed by atoms with Crippen LogP contribution in [-0.4, -0.2) is 34.6 Å². The Labute approximate surface area is 166 Å². The summed E-state index contributed by atoms with van der Waals surface area (Å²) >= 11 is 3.30. The molecular weight excluding hydrogens is 436 g/mol. The average molecular weight is 455 g/mol. The van der Waals surface area contributed by atoms with E-state index < -0.39 is 15.9 Å². The zero-order valence-electron chi connectivity index (χ0n) is 14.8. The lowest BCUT2D eigenvalue weighted by molar-refractivity contribution is 0.102. The summed E-state index contributed by atoms with van der Waals surface area (Å²) in [5.41, 5.74) is 0.706. The number of hydrogen-bond donors (Lipinski definition) is 2. The van der Waals surface area contributed by atoms with Crippen LogP contribution in [0, 0.1) is 0 Å². The molecular formula is C18H19BrN2O5S. The van der Waals surface area contributed by atoms with E-state index in [9.17, 15) is 13.2 Å². The first-order valence-corrected chi connectivity index (χ1v) is 10.5. The first kappa shape index (κ1) is 19.7. The summed E-state index contributed by atoms with van der Waals surface area (Å²) in [7, 11) is -0.626. The fourth-order valence-corrected chi connectivity index (χ4v) is 4.20. The Kier molecular flexibility index (Phi) is 5.73. The maximum Gasteiger partial charge on any atom is 0.256 e. The molecule has 0 bridgehead atoms. The maximum absolute atomic E-state index is 12.7. The van der Waals surface area contributed by atoms with Crippen molar-refractivity contribution in [2.24, 2.45) is 0 Å². The van der Waals surface area contributed by atoms with Crippen LogP contribution in [0.1, 0.15) is 23.2 Å². The number of nitrogens with one attached hydrogen (secondary N) is 2. The summed E-state index contributed by atoms with van der Waals surface area (Å²) in [6.45, 7) is 0. The molecule has 1 saturated carbocycles. The zero-order valence-corrected chi connectivity index (χ0v) is 17.2. The van der Waals surface area contributed by atoms with Crippen LogP contribution in [0.25, 0.3) is 0 Å². The number of halogens is 1. The molecule has 3 rings (SSSR count). The molecule has 0 saturated heterocycles. The van der Waals surface area contributed by atoms with Crippen LogP contribution in [0.15, 0.2) is 45.8 Å². The predicted octanol–water partition coefficient (Wildman–Crippen LogP) is 3.16. The fraction of sp³-hybridized carbons (Fsp3) is 0.278. The highest BCUT2D eigenvalue weighted by molar-refractivity contribution is 9.10. The molecule has 27 heavy (non-hydrogen) atoms.